The Kier molecular flexibility index (Phi) is 3.06. The zero-order valence-electron chi connectivity index (χ0n) is 10.6. The normalized spacial score (nSPS) is 16.4. The standard InChI is InChI=1S/C17H11NO2/c18-10-12-5-7-13(8-6-12)17-15(11-19)9-14-3-1-2-4-16(14)20-17/h1-9,11,17H/t17-/m1/s1. The van der Waals surface area contributed by atoms with Crippen LogP contribution in [0.2, 0.25) is 0 Å². The summed E-state index contributed by atoms with van der Waals surface area (Å²) in [5.74, 6) is 0.757. The van der Waals surface area contributed by atoms with Crippen LogP contribution < -0.4 is 4.74 Å². The molecule has 2 aromatic rings. The molecule has 3 nitrogen and oxygen atoms in total. The van der Waals surface area contributed by atoms with E-state index in [1.807, 2.05) is 42.5 Å². The molecule has 0 fully saturated rings. The van der Waals surface area contributed by atoms with Gasteiger partial charge in [0.25, 0.3) is 0 Å². The van der Waals surface area contributed by atoms with Crippen LogP contribution in [0.25, 0.3) is 6.08 Å². The number of nitriles is 1. The van der Waals surface area contributed by atoms with Crippen molar-refractivity contribution in [3.05, 3.63) is 70.8 Å². The highest BCUT2D eigenvalue weighted by molar-refractivity contribution is 5.85. The molecule has 1 aliphatic heterocycles. The molecule has 3 heteroatoms. The van der Waals surface area contributed by atoms with E-state index < -0.39 is 6.10 Å². The van der Waals surface area contributed by atoms with Gasteiger partial charge in [-0.05, 0) is 29.8 Å². The second kappa shape index (κ2) is 5.02. The molecule has 96 valence electrons. The Bertz CT molecular complexity index is 723. The van der Waals surface area contributed by atoms with Gasteiger partial charge in [0.2, 0.25) is 0 Å². The van der Waals surface area contributed by atoms with E-state index in [0.29, 0.717) is 11.1 Å². The summed E-state index contributed by atoms with van der Waals surface area (Å²) in [5.41, 5.74) is 2.92. The molecule has 0 amide bonds. The van der Waals surface area contributed by atoms with Crippen LogP contribution >= 0.6 is 0 Å². The summed E-state index contributed by atoms with van der Waals surface area (Å²) in [6.07, 6.45) is 2.24. The fraction of sp³-hybridized carbons (Fsp3) is 0.0588. The third-order valence-electron chi connectivity index (χ3n) is 3.27. The molecule has 0 unspecified atom stereocenters. The Morgan fingerprint density at radius 3 is 2.55 bits per heavy atom. The molecule has 1 atom stereocenters. The van der Waals surface area contributed by atoms with Crippen LogP contribution in [0.5, 0.6) is 5.75 Å². The van der Waals surface area contributed by atoms with Crippen molar-refractivity contribution in [2.45, 2.75) is 6.10 Å². The molecular weight excluding hydrogens is 250 g/mol. The molecule has 0 radical (unpaired) electrons. The molecule has 20 heavy (non-hydrogen) atoms. The van der Waals surface area contributed by atoms with E-state index in [0.717, 1.165) is 23.2 Å². The van der Waals surface area contributed by atoms with Crippen LogP contribution in [0.4, 0.5) is 0 Å². The van der Waals surface area contributed by atoms with Crippen LogP contribution in [-0.2, 0) is 4.79 Å². The highest BCUT2D eigenvalue weighted by atomic mass is 16.5. The number of hydrogen-bond acceptors (Lipinski definition) is 3. The minimum Gasteiger partial charge on any atom is -0.480 e. The van der Waals surface area contributed by atoms with E-state index in [1.165, 1.54) is 0 Å². The SMILES string of the molecule is N#Cc1ccc([C@H]2Oc3ccccc3C=C2C=O)cc1. The van der Waals surface area contributed by atoms with Gasteiger partial charge in [0, 0.05) is 11.1 Å². The smallest absolute Gasteiger partial charge is 0.152 e. The maximum absolute atomic E-state index is 11.3. The van der Waals surface area contributed by atoms with Crippen molar-refractivity contribution in [3.8, 4) is 11.8 Å². The van der Waals surface area contributed by atoms with Gasteiger partial charge in [-0.2, -0.15) is 5.26 Å². The molecule has 0 aromatic heterocycles. The number of carbonyl (C=O) groups is 1. The molecule has 0 bridgehead atoms. The van der Waals surface area contributed by atoms with Gasteiger partial charge in [0.05, 0.1) is 11.6 Å². The summed E-state index contributed by atoms with van der Waals surface area (Å²) >= 11 is 0. The molecule has 3 rings (SSSR count). The topological polar surface area (TPSA) is 50.1 Å². The highest BCUT2D eigenvalue weighted by Crippen LogP contribution is 2.36. The molecule has 1 aliphatic rings. The van der Waals surface area contributed by atoms with Gasteiger partial charge in [-0.15, -0.1) is 0 Å². The molecule has 0 saturated heterocycles. The second-order valence-electron chi connectivity index (χ2n) is 4.53. The van der Waals surface area contributed by atoms with Gasteiger partial charge in [0.1, 0.15) is 12.0 Å². The van der Waals surface area contributed by atoms with Gasteiger partial charge < -0.3 is 4.74 Å². The summed E-state index contributed by atoms with van der Waals surface area (Å²) in [5, 5.41) is 8.82. The quantitative estimate of drug-likeness (QED) is 0.779. The Balaban J connectivity index is 2.02. The number of benzene rings is 2. The molecule has 0 aliphatic carbocycles. The Labute approximate surface area is 116 Å². The molecule has 0 N–H and O–H groups in total. The maximum Gasteiger partial charge on any atom is 0.152 e. The third-order valence-corrected chi connectivity index (χ3v) is 3.27. The van der Waals surface area contributed by atoms with Gasteiger partial charge in [0.15, 0.2) is 6.10 Å². The fourth-order valence-corrected chi connectivity index (χ4v) is 2.25. The van der Waals surface area contributed by atoms with Gasteiger partial charge in [-0.25, -0.2) is 0 Å². The van der Waals surface area contributed by atoms with Crippen molar-refractivity contribution in [2.24, 2.45) is 0 Å². The Hall–Kier alpha value is -2.86. The minimum atomic E-state index is -0.421. The zero-order chi connectivity index (χ0) is 13.9. The van der Waals surface area contributed by atoms with E-state index in [-0.39, 0.29) is 0 Å². The lowest BCUT2D eigenvalue weighted by Gasteiger charge is -2.25. The van der Waals surface area contributed by atoms with E-state index in [9.17, 15) is 4.79 Å². The van der Waals surface area contributed by atoms with Crippen molar-refractivity contribution in [2.75, 3.05) is 0 Å². The fourth-order valence-electron chi connectivity index (χ4n) is 2.25. The number of fused-ring (bicyclic) bond motifs is 1. The van der Waals surface area contributed by atoms with Crippen molar-refractivity contribution in [1.82, 2.24) is 0 Å². The number of hydrogen-bond donors (Lipinski definition) is 0. The number of aldehydes is 1. The molecule has 0 spiro atoms. The minimum absolute atomic E-state index is 0.421. The first-order valence-electron chi connectivity index (χ1n) is 6.24. The summed E-state index contributed by atoms with van der Waals surface area (Å²) in [4.78, 5) is 11.3. The average molecular weight is 261 g/mol. The van der Waals surface area contributed by atoms with E-state index in [2.05, 4.69) is 6.07 Å². The maximum atomic E-state index is 11.3. The lowest BCUT2D eigenvalue weighted by molar-refractivity contribution is -0.105. The first kappa shape index (κ1) is 12.2. The zero-order valence-corrected chi connectivity index (χ0v) is 10.6. The van der Waals surface area contributed by atoms with Crippen LogP contribution in [0.15, 0.2) is 54.1 Å². The van der Waals surface area contributed by atoms with Gasteiger partial charge in [-0.3, -0.25) is 4.79 Å². The summed E-state index contributed by atoms with van der Waals surface area (Å²) in [7, 11) is 0. The second-order valence-corrected chi connectivity index (χ2v) is 4.53. The largest absolute Gasteiger partial charge is 0.480 e. The number of nitrogens with zero attached hydrogens (tertiary/aromatic N) is 1. The van der Waals surface area contributed by atoms with Crippen LogP contribution in [0.1, 0.15) is 22.8 Å². The van der Waals surface area contributed by atoms with Crippen molar-refractivity contribution < 1.29 is 9.53 Å². The summed E-state index contributed by atoms with van der Waals surface area (Å²) in [6, 6.07) is 16.7. The Morgan fingerprint density at radius 1 is 1.10 bits per heavy atom. The molecular formula is C17H11NO2. The number of ether oxygens (including phenoxy) is 1. The lowest BCUT2D eigenvalue weighted by atomic mass is 9.96. The van der Waals surface area contributed by atoms with E-state index in [1.54, 1.807) is 12.1 Å². The predicted molar refractivity (Wildman–Crippen MR) is 75.0 cm³/mol. The third kappa shape index (κ3) is 2.08. The first-order chi connectivity index (χ1) is 9.81. The van der Waals surface area contributed by atoms with Crippen LogP contribution in [0.3, 0.4) is 0 Å². The highest BCUT2D eigenvalue weighted by Gasteiger charge is 2.23. The lowest BCUT2D eigenvalue weighted by Crippen LogP contribution is -2.15. The van der Waals surface area contributed by atoms with Crippen molar-refractivity contribution >= 4 is 12.4 Å². The van der Waals surface area contributed by atoms with Gasteiger partial charge in [-0.1, -0.05) is 30.3 Å². The molecule has 0 saturated carbocycles. The number of carbonyl (C=O) groups excluding carboxylic acids is 1. The number of rotatable bonds is 2. The molecule has 2 aromatic carbocycles. The van der Waals surface area contributed by atoms with Gasteiger partial charge >= 0.3 is 0 Å². The molecule has 1 heterocycles. The summed E-state index contributed by atoms with van der Waals surface area (Å²) < 4.78 is 5.91. The monoisotopic (exact) mass is 261 g/mol. The van der Waals surface area contributed by atoms with Crippen molar-refractivity contribution in [1.29, 1.82) is 5.26 Å². The van der Waals surface area contributed by atoms with Crippen LogP contribution in [0, 0.1) is 11.3 Å². The predicted octanol–water partition coefficient (Wildman–Crippen LogP) is 3.27. The Morgan fingerprint density at radius 2 is 1.85 bits per heavy atom. The van der Waals surface area contributed by atoms with E-state index >= 15 is 0 Å². The summed E-state index contributed by atoms with van der Waals surface area (Å²) in [6.45, 7) is 0. The number of para-hydroxylation sites is 1. The van der Waals surface area contributed by atoms with Crippen LogP contribution in [-0.4, -0.2) is 6.29 Å². The first-order valence-corrected chi connectivity index (χ1v) is 6.24. The average Bonchev–Trinajstić information content (AvgIpc) is 2.53. The van der Waals surface area contributed by atoms with E-state index in [4.69, 9.17) is 10.00 Å². The van der Waals surface area contributed by atoms with Crippen molar-refractivity contribution in [3.63, 3.8) is 0 Å².